The Morgan fingerprint density at radius 3 is 3.00 bits per heavy atom. The van der Waals surface area contributed by atoms with Gasteiger partial charge in [-0.1, -0.05) is 18.2 Å². The van der Waals surface area contributed by atoms with Crippen LogP contribution < -0.4 is 0 Å². The number of carbonyl (C=O) groups is 1. The Bertz CT molecular complexity index is 475. The van der Waals surface area contributed by atoms with Crippen LogP contribution in [-0.2, 0) is 11.3 Å². The van der Waals surface area contributed by atoms with Crippen LogP contribution in [0.3, 0.4) is 0 Å². The second kappa shape index (κ2) is 6.89. The molecule has 2 atom stereocenters. The van der Waals surface area contributed by atoms with Crippen LogP contribution in [-0.4, -0.2) is 28.2 Å². The molecule has 3 nitrogen and oxygen atoms in total. The predicted molar refractivity (Wildman–Crippen MR) is 81.5 cm³/mol. The number of nitrogens with zero attached hydrogens (tertiary/aromatic N) is 2. The summed E-state index contributed by atoms with van der Waals surface area (Å²) in [7, 11) is 1.84. The standard InChI is InChI=1S/C16H21ClN2O/c1-12-8-15(17)6-5-14(12)9-16(20)19(2)11-13-4-3-7-18-10-13/h3-4,7,10,14-15H,1,5-6,8-9,11H2,2H3. The summed E-state index contributed by atoms with van der Waals surface area (Å²) in [4.78, 5) is 18.1. The quantitative estimate of drug-likeness (QED) is 0.629. The molecule has 108 valence electrons. The molecule has 4 heteroatoms. The third-order valence-electron chi connectivity index (χ3n) is 3.88. The molecule has 20 heavy (non-hydrogen) atoms. The molecule has 2 unspecified atom stereocenters. The first kappa shape index (κ1) is 15.0. The zero-order chi connectivity index (χ0) is 14.5. The van der Waals surface area contributed by atoms with Crippen LogP contribution >= 0.6 is 11.6 Å². The number of amides is 1. The maximum absolute atomic E-state index is 12.3. The van der Waals surface area contributed by atoms with Crippen LogP contribution in [0.25, 0.3) is 0 Å². The molecule has 1 aliphatic rings. The molecule has 1 aromatic heterocycles. The highest BCUT2D eigenvalue weighted by atomic mass is 35.5. The zero-order valence-electron chi connectivity index (χ0n) is 11.9. The van der Waals surface area contributed by atoms with Crippen LogP contribution in [0, 0.1) is 5.92 Å². The monoisotopic (exact) mass is 292 g/mol. The van der Waals surface area contributed by atoms with Crippen molar-refractivity contribution in [2.24, 2.45) is 5.92 Å². The van der Waals surface area contributed by atoms with Gasteiger partial charge in [0.25, 0.3) is 0 Å². The van der Waals surface area contributed by atoms with E-state index in [1.54, 1.807) is 17.3 Å². The number of hydrogen-bond acceptors (Lipinski definition) is 2. The van der Waals surface area contributed by atoms with Crippen LogP contribution in [0.2, 0.25) is 0 Å². The number of aromatic nitrogens is 1. The molecule has 1 saturated carbocycles. The summed E-state index contributed by atoms with van der Waals surface area (Å²) < 4.78 is 0. The van der Waals surface area contributed by atoms with Crippen LogP contribution in [0.5, 0.6) is 0 Å². The molecule has 0 radical (unpaired) electrons. The minimum Gasteiger partial charge on any atom is -0.341 e. The van der Waals surface area contributed by atoms with Crippen molar-refractivity contribution >= 4 is 17.5 Å². The fourth-order valence-corrected chi connectivity index (χ4v) is 2.93. The highest BCUT2D eigenvalue weighted by molar-refractivity contribution is 6.20. The third kappa shape index (κ3) is 4.07. The first-order valence-corrected chi connectivity index (χ1v) is 7.44. The van der Waals surface area contributed by atoms with E-state index in [0.717, 1.165) is 30.4 Å². The normalized spacial score (nSPS) is 22.6. The van der Waals surface area contributed by atoms with Crippen molar-refractivity contribution in [2.75, 3.05) is 7.05 Å². The molecule has 0 aliphatic heterocycles. The molecular weight excluding hydrogens is 272 g/mol. The molecule has 1 aromatic rings. The van der Waals surface area contributed by atoms with Gasteiger partial charge in [0.1, 0.15) is 0 Å². The number of allylic oxidation sites excluding steroid dienone is 1. The van der Waals surface area contributed by atoms with E-state index in [-0.39, 0.29) is 17.2 Å². The fourth-order valence-electron chi connectivity index (χ4n) is 2.61. The van der Waals surface area contributed by atoms with Crippen LogP contribution in [0.4, 0.5) is 0 Å². The summed E-state index contributed by atoms with van der Waals surface area (Å²) in [6.45, 7) is 4.68. The number of halogens is 1. The molecule has 2 rings (SSSR count). The van der Waals surface area contributed by atoms with Gasteiger partial charge in [-0.3, -0.25) is 9.78 Å². The molecule has 1 heterocycles. The molecule has 1 aliphatic carbocycles. The third-order valence-corrected chi connectivity index (χ3v) is 4.25. The van der Waals surface area contributed by atoms with Crippen molar-refractivity contribution < 1.29 is 4.79 Å². The lowest BCUT2D eigenvalue weighted by Crippen LogP contribution is -2.30. The highest BCUT2D eigenvalue weighted by Crippen LogP contribution is 2.33. The SMILES string of the molecule is C=C1CC(Cl)CCC1CC(=O)N(C)Cc1cccnc1. The number of carbonyl (C=O) groups excluding carboxylic acids is 1. The molecule has 1 amide bonds. The average Bonchev–Trinajstić information content (AvgIpc) is 2.43. The number of alkyl halides is 1. The fraction of sp³-hybridized carbons (Fsp3) is 0.500. The van der Waals surface area contributed by atoms with E-state index in [9.17, 15) is 4.79 Å². The van der Waals surface area contributed by atoms with Crippen LogP contribution in [0.15, 0.2) is 36.7 Å². The molecule has 0 aromatic carbocycles. The summed E-state index contributed by atoms with van der Waals surface area (Å²) in [6.07, 6.45) is 6.86. The Labute approximate surface area is 125 Å². The maximum atomic E-state index is 12.3. The van der Waals surface area contributed by atoms with Crippen molar-refractivity contribution in [1.82, 2.24) is 9.88 Å². The Hall–Kier alpha value is -1.35. The summed E-state index contributed by atoms with van der Waals surface area (Å²) >= 11 is 6.12. The molecule has 1 fully saturated rings. The van der Waals surface area contributed by atoms with Gasteiger partial charge < -0.3 is 4.90 Å². The largest absolute Gasteiger partial charge is 0.341 e. The lowest BCUT2D eigenvalue weighted by atomic mass is 9.82. The Balaban J connectivity index is 1.86. The van der Waals surface area contributed by atoms with E-state index in [0.29, 0.717) is 13.0 Å². The van der Waals surface area contributed by atoms with Gasteiger partial charge in [0.2, 0.25) is 5.91 Å². The average molecular weight is 293 g/mol. The van der Waals surface area contributed by atoms with Crippen molar-refractivity contribution in [1.29, 1.82) is 0 Å². The smallest absolute Gasteiger partial charge is 0.223 e. The number of pyridine rings is 1. The number of hydrogen-bond donors (Lipinski definition) is 0. The first-order chi connectivity index (χ1) is 9.56. The zero-order valence-corrected chi connectivity index (χ0v) is 12.6. The Morgan fingerprint density at radius 2 is 2.35 bits per heavy atom. The second-order valence-corrected chi connectivity index (χ2v) is 6.17. The topological polar surface area (TPSA) is 33.2 Å². The van der Waals surface area contributed by atoms with Gasteiger partial charge in [0.05, 0.1) is 0 Å². The molecule has 0 N–H and O–H groups in total. The Morgan fingerprint density at radius 1 is 1.55 bits per heavy atom. The van der Waals surface area contributed by atoms with Gasteiger partial charge in [-0.2, -0.15) is 0 Å². The summed E-state index contributed by atoms with van der Waals surface area (Å²) in [5.41, 5.74) is 2.17. The van der Waals surface area contributed by atoms with Gasteiger partial charge in [-0.15, -0.1) is 11.6 Å². The van der Waals surface area contributed by atoms with Gasteiger partial charge in [0, 0.05) is 37.8 Å². The minimum absolute atomic E-state index is 0.160. The molecular formula is C16H21ClN2O. The van der Waals surface area contributed by atoms with E-state index in [2.05, 4.69) is 11.6 Å². The molecule has 0 bridgehead atoms. The minimum atomic E-state index is 0.160. The van der Waals surface area contributed by atoms with Gasteiger partial charge >= 0.3 is 0 Å². The van der Waals surface area contributed by atoms with E-state index in [4.69, 9.17) is 11.6 Å². The van der Waals surface area contributed by atoms with E-state index in [1.807, 2.05) is 19.2 Å². The van der Waals surface area contributed by atoms with E-state index >= 15 is 0 Å². The summed E-state index contributed by atoms with van der Waals surface area (Å²) in [5, 5.41) is 0.196. The van der Waals surface area contributed by atoms with Gasteiger partial charge in [-0.05, 0) is 36.8 Å². The summed E-state index contributed by atoms with van der Waals surface area (Å²) in [6, 6.07) is 3.87. The predicted octanol–water partition coefficient (Wildman–Crippen LogP) is 3.39. The molecule has 0 spiro atoms. The lowest BCUT2D eigenvalue weighted by Gasteiger charge is -2.28. The highest BCUT2D eigenvalue weighted by Gasteiger charge is 2.25. The van der Waals surface area contributed by atoms with Gasteiger partial charge in [0.15, 0.2) is 0 Å². The van der Waals surface area contributed by atoms with Crippen molar-refractivity contribution in [3.63, 3.8) is 0 Å². The summed E-state index contributed by atoms with van der Waals surface area (Å²) in [5.74, 6) is 0.446. The van der Waals surface area contributed by atoms with Crippen molar-refractivity contribution in [2.45, 2.75) is 37.6 Å². The number of rotatable bonds is 4. The van der Waals surface area contributed by atoms with Crippen LogP contribution in [0.1, 0.15) is 31.2 Å². The maximum Gasteiger partial charge on any atom is 0.223 e. The van der Waals surface area contributed by atoms with Crippen molar-refractivity contribution in [3.05, 3.63) is 42.2 Å². The Kier molecular flexibility index (Phi) is 5.18. The van der Waals surface area contributed by atoms with Gasteiger partial charge in [-0.25, -0.2) is 0 Å². The lowest BCUT2D eigenvalue weighted by molar-refractivity contribution is -0.131. The van der Waals surface area contributed by atoms with E-state index < -0.39 is 0 Å². The second-order valence-electron chi connectivity index (χ2n) is 5.55. The van der Waals surface area contributed by atoms with Crippen molar-refractivity contribution in [3.8, 4) is 0 Å². The molecule has 0 saturated heterocycles. The van der Waals surface area contributed by atoms with E-state index in [1.165, 1.54) is 0 Å². The first-order valence-electron chi connectivity index (χ1n) is 7.01.